The molecular formula is C28H31FN4O2. The Morgan fingerprint density at radius 1 is 1.14 bits per heavy atom. The largest absolute Gasteiger partial charge is 0.338 e. The first-order chi connectivity index (χ1) is 16.9. The minimum absolute atomic E-state index is 0.0348. The molecule has 0 saturated carbocycles. The number of benzene rings is 2. The van der Waals surface area contributed by atoms with E-state index in [0.29, 0.717) is 31.6 Å². The molecule has 2 fully saturated rings. The predicted octanol–water partition coefficient (Wildman–Crippen LogP) is 4.39. The highest BCUT2D eigenvalue weighted by molar-refractivity contribution is 5.96. The number of nitrogens with zero attached hydrogens (tertiary/aromatic N) is 4. The number of aryl methyl sites for hydroxylation is 1. The Morgan fingerprint density at radius 2 is 1.91 bits per heavy atom. The molecule has 0 aliphatic carbocycles. The number of carbonyl (C=O) groups is 2. The summed E-state index contributed by atoms with van der Waals surface area (Å²) in [6.07, 6.45) is 6.79. The first-order valence-electron chi connectivity index (χ1n) is 12.3. The van der Waals surface area contributed by atoms with E-state index in [1.54, 1.807) is 18.3 Å². The van der Waals surface area contributed by atoms with Crippen LogP contribution >= 0.6 is 0 Å². The number of carbonyl (C=O) groups excluding carboxylic acids is 2. The number of imidazole rings is 1. The maximum absolute atomic E-state index is 13.9. The standard InChI is InChI=1S/C28H31FN4O2/c1-20-30-15-16-32(20)17-22-7-3-4-8-24(22)27(35)33-18-25(21-10-12-23(29)13-11-21)28(19-33)14-6-5-9-26(34)31(28)2/h3-4,7-8,10-13,15-16,25H,5-6,9,14,17-19H2,1-2H3/t25?,28-/m1/s1. The molecule has 3 heterocycles. The fourth-order valence-corrected chi connectivity index (χ4v) is 5.84. The number of halogens is 1. The predicted molar refractivity (Wildman–Crippen MR) is 132 cm³/mol. The molecule has 2 aromatic carbocycles. The van der Waals surface area contributed by atoms with Crippen LogP contribution in [0.4, 0.5) is 4.39 Å². The van der Waals surface area contributed by atoms with Crippen LogP contribution < -0.4 is 0 Å². The van der Waals surface area contributed by atoms with Gasteiger partial charge in [0.15, 0.2) is 0 Å². The highest BCUT2D eigenvalue weighted by atomic mass is 19.1. The van der Waals surface area contributed by atoms with Crippen molar-refractivity contribution in [1.82, 2.24) is 19.4 Å². The zero-order valence-electron chi connectivity index (χ0n) is 20.3. The van der Waals surface area contributed by atoms with E-state index < -0.39 is 5.54 Å². The van der Waals surface area contributed by atoms with Crippen LogP contribution in [0.5, 0.6) is 0 Å². The summed E-state index contributed by atoms with van der Waals surface area (Å²) in [7, 11) is 1.87. The molecule has 7 heteroatoms. The van der Waals surface area contributed by atoms with Gasteiger partial charge in [-0.05, 0) is 49.1 Å². The molecule has 1 spiro atoms. The fraction of sp³-hybridized carbons (Fsp3) is 0.393. The van der Waals surface area contributed by atoms with E-state index in [-0.39, 0.29) is 23.5 Å². The number of hydrogen-bond acceptors (Lipinski definition) is 3. The Labute approximate surface area is 205 Å². The normalized spacial score (nSPS) is 22.6. The Morgan fingerprint density at radius 3 is 2.66 bits per heavy atom. The van der Waals surface area contributed by atoms with Crippen molar-refractivity contribution < 1.29 is 14.0 Å². The Bertz CT molecular complexity index is 1240. The molecule has 2 aliphatic rings. The van der Waals surface area contributed by atoms with Gasteiger partial charge in [0.2, 0.25) is 5.91 Å². The summed E-state index contributed by atoms with van der Waals surface area (Å²) in [5.41, 5.74) is 2.06. The zero-order chi connectivity index (χ0) is 24.6. The van der Waals surface area contributed by atoms with Gasteiger partial charge in [-0.25, -0.2) is 9.37 Å². The van der Waals surface area contributed by atoms with Crippen LogP contribution in [0.1, 0.15) is 58.9 Å². The second-order valence-electron chi connectivity index (χ2n) is 9.81. The van der Waals surface area contributed by atoms with Gasteiger partial charge in [0.1, 0.15) is 11.6 Å². The molecule has 3 aromatic rings. The monoisotopic (exact) mass is 474 g/mol. The van der Waals surface area contributed by atoms with Crippen LogP contribution in [0.2, 0.25) is 0 Å². The molecule has 182 valence electrons. The van der Waals surface area contributed by atoms with Crippen LogP contribution in [0.25, 0.3) is 0 Å². The average Bonchev–Trinajstić information content (AvgIpc) is 3.42. The van der Waals surface area contributed by atoms with E-state index in [1.165, 1.54) is 12.1 Å². The van der Waals surface area contributed by atoms with Gasteiger partial charge in [-0.3, -0.25) is 9.59 Å². The SMILES string of the molecule is Cc1nccn1Cc1ccccc1C(=O)N1CC(c2ccc(F)cc2)[C@@]2(CCCCC(=O)N2C)C1. The van der Waals surface area contributed by atoms with Gasteiger partial charge >= 0.3 is 0 Å². The van der Waals surface area contributed by atoms with E-state index in [1.807, 2.05) is 58.8 Å². The van der Waals surface area contributed by atoms with E-state index in [0.717, 1.165) is 36.2 Å². The van der Waals surface area contributed by atoms with E-state index in [4.69, 9.17) is 0 Å². The summed E-state index contributed by atoms with van der Waals surface area (Å²) in [6.45, 7) is 3.46. The lowest BCUT2D eigenvalue weighted by Gasteiger charge is -2.42. The van der Waals surface area contributed by atoms with Gasteiger partial charge in [0, 0.05) is 57.0 Å². The second kappa shape index (κ2) is 9.29. The number of hydrogen-bond donors (Lipinski definition) is 0. The maximum atomic E-state index is 13.9. The molecular weight excluding hydrogens is 443 g/mol. The molecule has 2 aliphatic heterocycles. The number of rotatable bonds is 4. The molecule has 5 rings (SSSR count). The van der Waals surface area contributed by atoms with Gasteiger partial charge in [0.25, 0.3) is 5.91 Å². The van der Waals surface area contributed by atoms with Crippen LogP contribution in [-0.4, -0.2) is 56.8 Å². The quantitative estimate of drug-likeness (QED) is 0.564. The Balaban J connectivity index is 1.51. The summed E-state index contributed by atoms with van der Waals surface area (Å²) in [4.78, 5) is 35.0. The molecule has 0 radical (unpaired) electrons. The van der Waals surface area contributed by atoms with Crippen LogP contribution in [0.3, 0.4) is 0 Å². The third-order valence-electron chi connectivity index (χ3n) is 7.88. The highest BCUT2D eigenvalue weighted by Crippen LogP contribution is 2.45. The van der Waals surface area contributed by atoms with Crippen molar-refractivity contribution in [2.45, 2.75) is 50.6 Å². The van der Waals surface area contributed by atoms with Crippen molar-refractivity contribution in [1.29, 1.82) is 0 Å². The van der Waals surface area contributed by atoms with Crippen molar-refractivity contribution in [3.8, 4) is 0 Å². The topological polar surface area (TPSA) is 58.4 Å². The first-order valence-corrected chi connectivity index (χ1v) is 12.3. The summed E-state index contributed by atoms with van der Waals surface area (Å²) >= 11 is 0. The average molecular weight is 475 g/mol. The molecule has 0 N–H and O–H groups in total. The molecule has 2 amide bonds. The van der Waals surface area contributed by atoms with E-state index >= 15 is 0 Å². The van der Waals surface area contributed by atoms with E-state index in [9.17, 15) is 14.0 Å². The number of likely N-dealkylation sites (tertiary alicyclic amines) is 2. The third kappa shape index (κ3) is 4.24. The summed E-state index contributed by atoms with van der Waals surface area (Å²) < 4.78 is 15.8. The molecule has 1 unspecified atom stereocenters. The molecule has 35 heavy (non-hydrogen) atoms. The van der Waals surface area contributed by atoms with Gasteiger partial charge < -0.3 is 14.4 Å². The van der Waals surface area contributed by atoms with Gasteiger partial charge in [-0.1, -0.05) is 36.8 Å². The number of aromatic nitrogens is 2. The fourth-order valence-electron chi connectivity index (χ4n) is 5.84. The summed E-state index contributed by atoms with van der Waals surface area (Å²) in [5, 5.41) is 0. The summed E-state index contributed by atoms with van der Waals surface area (Å²) in [6, 6.07) is 14.2. The maximum Gasteiger partial charge on any atom is 0.254 e. The van der Waals surface area contributed by atoms with Crippen molar-refractivity contribution >= 4 is 11.8 Å². The van der Waals surface area contributed by atoms with Crippen molar-refractivity contribution in [2.75, 3.05) is 20.1 Å². The molecule has 0 bridgehead atoms. The number of likely N-dealkylation sites (N-methyl/N-ethyl adjacent to an activating group) is 1. The smallest absolute Gasteiger partial charge is 0.254 e. The number of amides is 2. The first kappa shape index (κ1) is 23.3. The highest BCUT2D eigenvalue weighted by Gasteiger charge is 2.53. The molecule has 6 nitrogen and oxygen atoms in total. The Kier molecular flexibility index (Phi) is 6.17. The third-order valence-corrected chi connectivity index (χ3v) is 7.88. The van der Waals surface area contributed by atoms with Gasteiger partial charge in [0.05, 0.1) is 5.54 Å². The second-order valence-corrected chi connectivity index (χ2v) is 9.81. The van der Waals surface area contributed by atoms with Crippen molar-refractivity contribution in [2.24, 2.45) is 0 Å². The minimum Gasteiger partial charge on any atom is -0.338 e. The van der Waals surface area contributed by atoms with Crippen LogP contribution in [0, 0.1) is 12.7 Å². The lowest BCUT2D eigenvalue weighted by Crippen LogP contribution is -2.53. The lowest BCUT2D eigenvalue weighted by molar-refractivity contribution is -0.134. The molecule has 2 atom stereocenters. The van der Waals surface area contributed by atoms with Crippen molar-refractivity contribution in [3.63, 3.8) is 0 Å². The lowest BCUT2D eigenvalue weighted by atomic mass is 9.78. The molecule has 1 aromatic heterocycles. The zero-order valence-corrected chi connectivity index (χ0v) is 20.3. The summed E-state index contributed by atoms with van der Waals surface area (Å²) in [5.74, 6) is 0.597. The Hall–Kier alpha value is -3.48. The van der Waals surface area contributed by atoms with Crippen LogP contribution in [-0.2, 0) is 11.3 Å². The van der Waals surface area contributed by atoms with E-state index in [2.05, 4.69) is 4.98 Å². The molecule has 2 saturated heterocycles. The van der Waals surface area contributed by atoms with Gasteiger partial charge in [-0.2, -0.15) is 0 Å². The van der Waals surface area contributed by atoms with Gasteiger partial charge in [-0.15, -0.1) is 0 Å². The van der Waals surface area contributed by atoms with Crippen LogP contribution in [0.15, 0.2) is 60.9 Å². The van der Waals surface area contributed by atoms with Crippen molar-refractivity contribution in [3.05, 3.63) is 89.3 Å². The minimum atomic E-state index is -0.503.